The fraction of sp³-hybridized carbons (Fsp3) is 0.240. The molecular weight excluding hydrogens is 1380 g/mol. The fourth-order valence-corrected chi connectivity index (χ4v) is 15.9. The molecular formula is C100H100N9O3+3. The molecule has 560 valence electrons. The van der Waals surface area contributed by atoms with Gasteiger partial charge in [-0.15, -0.1) is 0 Å². The van der Waals surface area contributed by atoms with Crippen molar-refractivity contribution in [2.75, 3.05) is 0 Å². The summed E-state index contributed by atoms with van der Waals surface area (Å²) in [6.45, 7) is -2.78. The Labute approximate surface area is 691 Å². The van der Waals surface area contributed by atoms with E-state index in [0.717, 1.165) is 39.1 Å². The van der Waals surface area contributed by atoms with Crippen molar-refractivity contribution in [3.63, 3.8) is 0 Å². The van der Waals surface area contributed by atoms with E-state index in [2.05, 4.69) is 55.3 Å². The Kier molecular flexibility index (Phi) is 13.0. The minimum Gasteiger partial charge on any atom is -0.437 e. The fourth-order valence-electron chi connectivity index (χ4n) is 15.9. The molecule has 0 fully saturated rings. The van der Waals surface area contributed by atoms with E-state index in [0.29, 0.717) is 117 Å². The van der Waals surface area contributed by atoms with Crippen LogP contribution in [0.25, 0.3) is 151 Å². The Bertz CT molecular complexity index is 7740. The van der Waals surface area contributed by atoms with Crippen molar-refractivity contribution in [1.82, 2.24) is 28.7 Å². The second-order valence-electron chi connectivity index (χ2n) is 29.0. The Hall–Kier alpha value is -12.3. The van der Waals surface area contributed by atoms with E-state index < -0.39 is 71.5 Å². The number of rotatable bonds is 12. The molecule has 9 aromatic heterocycles. The van der Waals surface area contributed by atoms with Crippen LogP contribution in [0.15, 0.2) is 232 Å². The molecule has 0 amide bonds. The van der Waals surface area contributed by atoms with Gasteiger partial charge < -0.3 is 13.3 Å². The summed E-state index contributed by atoms with van der Waals surface area (Å²) in [6, 6.07) is 58.7. The smallest absolute Gasteiger partial charge is 0.298 e. The Morgan fingerprint density at radius 3 is 1.26 bits per heavy atom. The second kappa shape index (κ2) is 29.2. The highest BCUT2D eigenvalue weighted by molar-refractivity contribution is 6.13. The number of fused-ring (bicyclic) bond motifs is 10. The third-order valence-electron chi connectivity index (χ3n) is 21.1. The molecule has 0 N–H and O–H groups in total. The van der Waals surface area contributed by atoms with Gasteiger partial charge in [0.2, 0.25) is 17.1 Å². The van der Waals surface area contributed by atoms with Crippen molar-refractivity contribution in [3.05, 3.63) is 292 Å². The minimum absolute atomic E-state index is 0.00422. The van der Waals surface area contributed by atoms with Crippen LogP contribution in [-0.4, -0.2) is 28.7 Å². The lowest BCUT2D eigenvalue weighted by Crippen LogP contribution is -2.30. The standard InChI is InChI=1S/2C36H38N3O.C28H24N3O/c1-21(2)29-19-27(26-12-10-9-11-13-26)20-30(22(3)4)33(29)39-17-16-38(8)36(39)32-24(6)18-23(5)31-28-15-14-25(7)37-35(28)40-34(31)32;1-21(2)29-19-27(26-12-10-9-11-13-26)20-30(22(3)4)33(29)39-17-16-38(8)36(39)32-23(5)14-15-28-31-24(6)18-25(7)37-35(31)40-34(28)32;1-17-14-15-21-24-18(2)16-19(3)29-27(24)32-26(21)25(17)28-30(4)22-12-8-9-13-23(22)31(28)20-10-6-5-7-11-20/h2*9-22H,1-8H3;5-16H,1-4H3/q3*+1/i1D3,3D3,5D3,21D,22D;1D3,3D3,6D3,21D,22D;2D3. The average molecular weight is 1500 g/mol. The van der Waals surface area contributed by atoms with Crippen LogP contribution in [-0.2, 0) is 21.1 Å². The predicted molar refractivity (Wildman–Crippen MR) is 460 cm³/mol. The van der Waals surface area contributed by atoms with Crippen LogP contribution >= 0.6 is 0 Å². The van der Waals surface area contributed by atoms with Crippen LogP contribution in [0.1, 0.15) is 186 Å². The van der Waals surface area contributed by atoms with Crippen LogP contribution < -0.4 is 13.7 Å². The highest BCUT2D eigenvalue weighted by atomic mass is 16.3. The first-order valence-corrected chi connectivity index (χ1v) is 36.9. The van der Waals surface area contributed by atoms with Gasteiger partial charge >= 0.3 is 0 Å². The molecule has 12 nitrogen and oxygen atoms in total. The second-order valence-corrected chi connectivity index (χ2v) is 29.0. The molecule has 0 radical (unpaired) electrons. The molecule has 0 aliphatic rings. The summed E-state index contributed by atoms with van der Waals surface area (Å²) in [4.78, 5) is 13.6. The number of furan rings is 3. The summed E-state index contributed by atoms with van der Waals surface area (Å²) in [7, 11) is 5.55. The highest BCUT2D eigenvalue weighted by Gasteiger charge is 2.35. The zero-order valence-electron chi connectivity index (χ0n) is 89.5. The van der Waals surface area contributed by atoms with Gasteiger partial charge in [0, 0.05) is 95.1 Å². The molecule has 18 rings (SSSR count). The monoisotopic (exact) mass is 1500 g/mol. The number of benzene rings is 9. The zero-order chi connectivity index (χ0) is 99.8. The van der Waals surface area contributed by atoms with Gasteiger partial charge in [-0.3, -0.25) is 0 Å². The van der Waals surface area contributed by atoms with Gasteiger partial charge in [0.15, 0.2) is 27.8 Å². The van der Waals surface area contributed by atoms with Gasteiger partial charge in [-0.1, -0.05) is 176 Å². The van der Waals surface area contributed by atoms with E-state index in [9.17, 15) is 5.48 Å². The van der Waals surface area contributed by atoms with Crippen LogP contribution in [0.3, 0.4) is 0 Å². The summed E-state index contributed by atoms with van der Waals surface area (Å²) in [5, 5.41) is 2.98. The molecule has 9 heterocycles. The van der Waals surface area contributed by atoms with Gasteiger partial charge in [-0.25, -0.2) is 28.7 Å². The maximum atomic E-state index is 9.40. The molecule has 0 saturated carbocycles. The molecule has 4 atom stereocenters. The van der Waals surface area contributed by atoms with Crippen molar-refractivity contribution in [1.29, 1.82) is 0 Å². The molecule has 0 spiro atoms. The lowest BCUT2D eigenvalue weighted by atomic mass is 9.88. The van der Waals surface area contributed by atoms with Crippen LogP contribution in [0, 0.1) is 62.1 Å². The van der Waals surface area contributed by atoms with Crippen molar-refractivity contribution in [3.8, 4) is 73.5 Å². The summed E-state index contributed by atoms with van der Waals surface area (Å²) >= 11 is 0. The number of para-hydroxylation sites is 3. The van der Waals surface area contributed by atoms with Crippen LogP contribution in [0.5, 0.6) is 0 Å². The highest BCUT2D eigenvalue weighted by Crippen LogP contribution is 2.46. The van der Waals surface area contributed by atoms with E-state index in [1.165, 1.54) is 33.8 Å². The van der Waals surface area contributed by atoms with E-state index >= 15 is 0 Å². The molecule has 0 aliphatic carbocycles. The third kappa shape index (κ3) is 12.8. The van der Waals surface area contributed by atoms with Gasteiger partial charge in [0.1, 0.15) is 58.5 Å². The quantitative estimate of drug-likeness (QED) is 0.113. The normalized spacial score (nSPS) is 18.1. The molecule has 12 heteroatoms. The molecule has 0 saturated heterocycles. The predicted octanol–water partition coefficient (Wildman–Crippen LogP) is 24.5. The maximum Gasteiger partial charge on any atom is 0.298 e. The first kappa shape index (κ1) is 49.8. The van der Waals surface area contributed by atoms with Gasteiger partial charge in [0.25, 0.3) is 17.5 Å². The van der Waals surface area contributed by atoms with E-state index in [-0.39, 0.29) is 67.3 Å². The zero-order valence-corrected chi connectivity index (χ0v) is 64.5. The molecule has 0 bridgehead atoms. The van der Waals surface area contributed by atoms with Gasteiger partial charge in [0.05, 0.1) is 31.9 Å². The van der Waals surface area contributed by atoms with E-state index in [1.54, 1.807) is 188 Å². The third-order valence-corrected chi connectivity index (χ3v) is 21.1. The van der Waals surface area contributed by atoms with E-state index in [4.69, 9.17) is 42.0 Å². The maximum absolute atomic E-state index is 9.40. The number of aryl methyl sites for hydroxylation is 12. The Morgan fingerprint density at radius 1 is 0.375 bits per heavy atom. The topological polar surface area (TPSA) is 105 Å². The van der Waals surface area contributed by atoms with E-state index in [1.807, 2.05) is 74.6 Å². The number of imidazole rings is 3. The first-order valence-electron chi connectivity index (χ1n) is 49.4. The van der Waals surface area contributed by atoms with Crippen molar-refractivity contribution >= 4 is 77.2 Å². The molecule has 18 aromatic rings. The molecule has 9 aromatic carbocycles. The summed E-state index contributed by atoms with van der Waals surface area (Å²) in [6.07, 6.45) is 6.66. The van der Waals surface area contributed by atoms with Crippen LogP contribution in [0.2, 0.25) is 0 Å². The number of hydrogen-bond donors (Lipinski definition) is 0. The molecule has 4 unspecified atom stereocenters. The van der Waals surface area contributed by atoms with Crippen LogP contribution in [0.4, 0.5) is 0 Å². The van der Waals surface area contributed by atoms with Gasteiger partial charge in [-0.2, -0.15) is 13.7 Å². The average Bonchev–Trinajstić information content (AvgIpc) is 1.60. The van der Waals surface area contributed by atoms with Crippen molar-refractivity contribution in [2.24, 2.45) is 21.1 Å². The Morgan fingerprint density at radius 2 is 0.786 bits per heavy atom. The molecule has 0 aliphatic heterocycles. The number of nitrogens with zero attached hydrogens (tertiary/aromatic N) is 9. The largest absolute Gasteiger partial charge is 0.437 e. The minimum atomic E-state index is -2.88. The van der Waals surface area contributed by atoms with Gasteiger partial charge in [-0.05, 0) is 214 Å². The van der Waals surface area contributed by atoms with Crippen molar-refractivity contribution in [2.45, 2.75) is 141 Å². The lowest BCUT2D eigenvalue weighted by molar-refractivity contribution is -0.659. The summed E-state index contributed by atoms with van der Waals surface area (Å²) < 4.78 is 244. The van der Waals surface area contributed by atoms with Crippen molar-refractivity contribution < 1.29 is 61.2 Å². The summed E-state index contributed by atoms with van der Waals surface area (Å²) in [5.41, 5.74) is 13.7. The number of pyridine rings is 3. The summed E-state index contributed by atoms with van der Waals surface area (Å²) in [5.74, 6) is -7.38. The number of aromatic nitrogens is 9. The lowest BCUT2D eigenvalue weighted by Gasteiger charge is -2.20. The SMILES string of the molecule is [2H]C([2H])([2H])c1cc(C)c(-c2n(-c3c(C([2H])(C)C([2H])([2H])[2H])cc(-c4ccccc4)cc3C([2H])(C)C([2H])([2H])[2H])cc[n+]2C)c2oc3nc(C)ccc3c12.[2H]C([2H])([2H])c1cc(C)nc2oc3c(-c4n(-c5c(C([2H])(C)C([2H])([2H])[2H])cc(-c6ccccc6)cc5C([2H])(C)C([2H])([2H])[2H])cc[n+]4C)c(C)ccc3c12.[2H]C([2H])([2H])c1cc(C)nc2oc3c(-c4n(-c5ccccc5)c5ccccc5[n+]4C)c(C)ccc3c12. The Balaban J connectivity index is 0.000000152. The first-order chi connectivity index (χ1) is 63.7. The number of hydrogen-bond acceptors (Lipinski definition) is 6. The molecule has 112 heavy (non-hydrogen) atoms.